The molecule has 0 atom stereocenters. The second-order valence-electron chi connectivity index (χ2n) is 2.26. The first-order valence-corrected chi connectivity index (χ1v) is 3.53. The first-order valence-electron chi connectivity index (χ1n) is 3.53. The quantitative estimate of drug-likeness (QED) is 0.500. The van der Waals surface area contributed by atoms with Crippen molar-refractivity contribution in [2.75, 3.05) is 7.11 Å². The average Bonchev–Trinajstić information content (AvgIpc) is 2.15. The molecule has 12 heavy (non-hydrogen) atoms. The lowest BCUT2D eigenvalue weighted by Gasteiger charge is -2.00. The van der Waals surface area contributed by atoms with E-state index < -0.39 is 0 Å². The molecule has 1 aromatic rings. The molecule has 0 heterocycles. The maximum Gasteiger partial charge on any atom is 0.235 e. The molecule has 0 spiro atoms. The van der Waals surface area contributed by atoms with Gasteiger partial charge in [0.25, 0.3) is 0 Å². The summed E-state index contributed by atoms with van der Waals surface area (Å²) in [5, 5.41) is 0. The van der Waals surface area contributed by atoms with Crippen molar-refractivity contribution in [3.8, 4) is 5.75 Å². The number of hydrogen-bond acceptors (Lipinski definition) is 3. The van der Waals surface area contributed by atoms with E-state index >= 15 is 0 Å². The fourth-order valence-corrected chi connectivity index (χ4v) is 0.894. The second kappa shape index (κ2) is 4.31. The minimum atomic E-state index is 0.362. The topological polar surface area (TPSA) is 38.7 Å². The van der Waals surface area contributed by atoms with Crippen molar-refractivity contribution in [1.29, 1.82) is 0 Å². The van der Waals surface area contributed by atoms with Crippen LogP contribution in [0.25, 0.3) is 0 Å². The lowest BCUT2D eigenvalue weighted by Crippen LogP contribution is -1.85. The van der Waals surface area contributed by atoms with Crippen molar-refractivity contribution in [2.24, 2.45) is 4.99 Å². The van der Waals surface area contributed by atoms with Crippen LogP contribution in [0.3, 0.4) is 0 Å². The van der Waals surface area contributed by atoms with Gasteiger partial charge in [0.2, 0.25) is 6.08 Å². The van der Waals surface area contributed by atoms with Crippen LogP contribution in [0.15, 0.2) is 29.3 Å². The molecule has 0 radical (unpaired) electrons. The van der Waals surface area contributed by atoms with Crippen LogP contribution in [0.5, 0.6) is 5.75 Å². The van der Waals surface area contributed by atoms with Crippen LogP contribution in [-0.2, 0) is 11.3 Å². The lowest BCUT2D eigenvalue weighted by molar-refractivity contribution is 0.414. The monoisotopic (exact) mass is 163 g/mol. The van der Waals surface area contributed by atoms with E-state index in [1.165, 1.54) is 6.08 Å². The lowest BCUT2D eigenvalue weighted by atomic mass is 10.2. The molecule has 0 aromatic heterocycles. The molecule has 0 unspecified atom stereocenters. The maximum atomic E-state index is 9.81. The summed E-state index contributed by atoms with van der Waals surface area (Å²) in [6, 6.07) is 7.41. The number of nitrogens with zero attached hydrogens (tertiary/aromatic N) is 1. The van der Waals surface area contributed by atoms with E-state index in [0.717, 1.165) is 11.3 Å². The smallest absolute Gasteiger partial charge is 0.235 e. The summed E-state index contributed by atoms with van der Waals surface area (Å²) in [7, 11) is 1.60. The van der Waals surface area contributed by atoms with Crippen LogP contribution in [0.2, 0.25) is 0 Å². The van der Waals surface area contributed by atoms with Crippen molar-refractivity contribution >= 4 is 6.08 Å². The first-order chi connectivity index (χ1) is 5.86. The Kier molecular flexibility index (Phi) is 3.05. The predicted molar refractivity (Wildman–Crippen MR) is 44.8 cm³/mol. The number of isocyanates is 1. The third-order valence-corrected chi connectivity index (χ3v) is 1.46. The van der Waals surface area contributed by atoms with Gasteiger partial charge in [-0.25, -0.2) is 9.79 Å². The molecule has 0 N–H and O–H groups in total. The molecular formula is C9H9NO2. The van der Waals surface area contributed by atoms with Crippen LogP contribution < -0.4 is 4.74 Å². The van der Waals surface area contributed by atoms with Crippen molar-refractivity contribution in [3.63, 3.8) is 0 Å². The Morgan fingerprint density at radius 2 is 2.42 bits per heavy atom. The largest absolute Gasteiger partial charge is 0.497 e. The second-order valence-corrected chi connectivity index (χ2v) is 2.26. The Hall–Kier alpha value is -1.60. The van der Waals surface area contributed by atoms with Crippen LogP contribution in [0, 0.1) is 0 Å². The van der Waals surface area contributed by atoms with Crippen LogP contribution in [0.1, 0.15) is 5.56 Å². The highest BCUT2D eigenvalue weighted by Gasteiger charge is 1.93. The molecule has 0 aliphatic rings. The fourth-order valence-electron chi connectivity index (χ4n) is 0.894. The van der Waals surface area contributed by atoms with Crippen molar-refractivity contribution in [3.05, 3.63) is 29.8 Å². The zero-order valence-electron chi connectivity index (χ0n) is 6.78. The Labute approximate surface area is 70.7 Å². The molecule has 3 heteroatoms. The van der Waals surface area contributed by atoms with E-state index in [1.807, 2.05) is 24.3 Å². The number of methoxy groups -OCH3 is 1. The molecule has 3 nitrogen and oxygen atoms in total. The molecule has 0 amide bonds. The number of aliphatic imine (C=N–C) groups is 1. The van der Waals surface area contributed by atoms with Gasteiger partial charge < -0.3 is 4.74 Å². The summed E-state index contributed by atoms with van der Waals surface area (Å²) in [4.78, 5) is 13.3. The van der Waals surface area contributed by atoms with Gasteiger partial charge in [0, 0.05) is 0 Å². The van der Waals surface area contributed by atoms with E-state index in [0.29, 0.717) is 6.54 Å². The SMILES string of the molecule is COc1cccc(CN=C=O)c1. The number of benzene rings is 1. The highest BCUT2D eigenvalue weighted by Crippen LogP contribution is 2.12. The molecule has 1 aromatic carbocycles. The molecule has 0 saturated heterocycles. The zero-order chi connectivity index (χ0) is 8.81. The van der Waals surface area contributed by atoms with E-state index in [9.17, 15) is 4.79 Å². The molecule has 62 valence electrons. The van der Waals surface area contributed by atoms with E-state index in [2.05, 4.69) is 4.99 Å². The first kappa shape index (κ1) is 8.50. The van der Waals surface area contributed by atoms with Gasteiger partial charge in [0.05, 0.1) is 13.7 Å². The minimum Gasteiger partial charge on any atom is -0.497 e. The minimum absolute atomic E-state index is 0.362. The normalized spacial score (nSPS) is 8.75. The molecule has 0 aliphatic carbocycles. The summed E-state index contributed by atoms with van der Waals surface area (Å²) < 4.78 is 4.99. The van der Waals surface area contributed by atoms with Gasteiger partial charge in [-0.05, 0) is 17.7 Å². The summed E-state index contributed by atoms with van der Waals surface area (Å²) in [5.41, 5.74) is 0.942. The summed E-state index contributed by atoms with van der Waals surface area (Å²) in [5.74, 6) is 0.772. The summed E-state index contributed by atoms with van der Waals surface area (Å²) in [6.07, 6.45) is 1.49. The molecular weight excluding hydrogens is 154 g/mol. The highest BCUT2D eigenvalue weighted by atomic mass is 16.5. The van der Waals surface area contributed by atoms with Gasteiger partial charge in [0.1, 0.15) is 5.75 Å². The third-order valence-electron chi connectivity index (χ3n) is 1.46. The van der Waals surface area contributed by atoms with Gasteiger partial charge in [-0.1, -0.05) is 12.1 Å². The Morgan fingerprint density at radius 1 is 1.58 bits per heavy atom. The molecule has 0 aliphatic heterocycles. The van der Waals surface area contributed by atoms with Gasteiger partial charge in [-0.2, -0.15) is 0 Å². The maximum absolute atomic E-state index is 9.81. The highest BCUT2D eigenvalue weighted by molar-refractivity contribution is 5.35. The predicted octanol–water partition coefficient (Wildman–Crippen LogP) is 1.53. The Balaban J connectivity index is 2.78. The van der Waals surface area contributed by atoms with E-state index in [4.69, 9.17) is 4.74 Å². The number of carbonyl (C=O) groups excluding carboxylic acids is 1. The fraction of sp³-hybridized carbons (Fsp3) is 0.222. The summed E-state index contributed by atoms with van der Waals surface area (Å²) in [6.45, 7) is 0.362. The molecule has 1 rings (SSSR count). The number of rotatable bonds is 3. The van der Waals surface area contributed by atoms with Gasteiger partial charge in [-0.15, -0.1) is 0 Å². The van der Waals surface area contributed by atoms with E-state index in [1.54, 1.807) is 7.11 Å². The van der Waals surface area contributed by atoms with Crippen molar-refractivity contribution in [1.82, 2.24) is 0 Å². The van der Waals surface area contributed by atoms with Gasteiger partial charge in [0.15, 0.2) is 0 Å². The molecule has 0 bridgehead atoms. The number of hydrogen-bond donors (Lipinski definition) is 0. The molecule has 0 fully saturated rings. The van der Waals surface area contributed by atoms with Crippen LogP contribution >= 0.6 is 0 Å². The van der Waals surface area contributed by atoms with Crippen molar-refractivity contribution in [2.45, 2.75) is 6.54 Å². The Bertz CT molecular complexity index is 303. The van der Waals surface area contributed by atoms with E-state index in [-0.39, 0.29) is 0 Å². The van der Waals surface area contributed by atoms with Crippen LogP contribution in [-0.4, -0.2) is 13.2 Å². The number of ether oxygens (including phenoxy) is 1. The van der Waals surface area contributed by atoms with Gasteiger partial charge >= 0.3 is 0 Å². The van der Waals surface area contributed by atoms with Crippen molar-refractivity contribution < 1.29 is 9.53 Å². The van der Waals surface area contributed by atoms with Gasteiger partial charge in [-0.3, -0.25) is 0 Å². The Morgan fingerprint density at radius 3 is 3.08 bits per heavy atom. The molecule has 0 saturated carbocycles. The standard InChI is InChI=1S/C9H9NO2/c1-12-9-4-2-3-8(5-9)6-10-7-11/h2-5H,6H2,1H3. The van der Waals surface area contributed by atoms with Crippen LogP contribution in [0.4, 0.5) is 0 Å². The third kappa shape index (κ3) is 2.22. The summed E-state index contributed by atoms with van der Waals surface area (Å²) >= 11 is 0. The zero-order valence-corrected chi connectivity index (χ0v) is 6.78. The average molecular weight is 163 g/mol.